The molecule has 208 valence electrons. The molecule has 0 aliphatic heterocycles. The van der Waals surface area contributed by atoms with Crippen molar-refractivity contribution in [3.05, 3.63) is 48.5 Å². The van der Waals surface area contributed by atoms with Gasteiger partial charge < -0.3 is 30.7 Å². The Labute approximate surface area is 230 Å². The highest BCUT2D eigenvalue weighted by Gasteiger charge is 2.41. The van der Waals surface area contributed by atoms with Gasteiger partial charge in [0.1, 0.15) is 11.5 Å². The van der Waals surface area contributed by atoms with E-state index in [2.05, 4.69) is 51.5 Å². The Morgan fingerprint density at radius 1 is 0.816 bits per heavy atom. The van der Waals surface area contributed by atoms with Crippen LogP contribution in [0.4, 0.5) is 28.9 Å². The van der Waals surface area contributed by atoms with Gasteiger partial charge in [-0.15, -0.1) is 0 Å². The van der Waals surface area contributed by atoms with Crippen molar-refractivity contribution in [1.82, 2.24) is 10.6 Å². The van der Waals surface area contributed by atoms with E-state index in [-0.39, 0.29) is 28.4 Å². The summed E-state index contributed by atoms with van der Waals surface area (Å²) in [6.07, 6.45) is 2.73. The first-order chi connectivity index (χ1) is 17.8. The SMILES string of the molecule is CC1(C)C[C@@H](NC(=S)Nc2ccc(OC(F)F)cc2)C[C@@](C)(CNC(=S)Nc2ccc(OC(F)F)cc2)C1. The molecule has 6 nitrogen and oxygen atoms in total. The number of anilines is 2. The summed E-state index contributed by atoms with van der Waals surface area (Å²) >= 11 is 11.0. The van der Waals surface area contributed by atoms with E-state index in [1.807, 2.05) is 0 Å². The fourth-order valence-corrected chi connectivity index (χ4v) is 5.61. The van der Waals surface area contributed by atoms with E-state index in [9.17, 15) is 17.6 Å². The number of hydrogen-bond donors (Lipinski definition) is 4. The molecule has 0 amide bonds. The highest BCUT2D eigenvalue weighted by Crippen LogP contribution is 2.45. The highest BCUT2D eigenvalue weighted by atomic mass is 32.1. The molecule has 1 aliphatic rings. The molecule has 0 heterocycles. The zero-order valence-corrected chi connectivity index (χ0v) is 23.0. The third kappa shape index (κ3) is 9.79. The summed E-state index contributed by atoms with van der Waals surface area (Å²) in [4.78, 5) is 0. The summed E-state index contributed by atoms with van der Waals surface area (Å²) in [5.74, 6) is 0.150. The molecule has 1 fully saturated rings. The number of benzene rings is 2. The Balaban J connectivity index is 1.52. The molecular weight excluding hydrogens is 540 g/mol. The van der Waals surface area contributed by atoms with Gasteiger partial charge in [-0.2, -0.15) is 17.6 Å². The number of thiocarbonyl (C=S) groups is 2. The Bertz CT molecular complexity index is 1090. The van der Waals surface area contributed by atoms with Crippen LogP contribution in [0.1, 0.15) is 40.0 Å². The molecule has 0 radical (unpaired) electrons. The Hall–Kier alpha value is -2.86. The first-order valence-corrected chi connectivity index (χ1v) is 12.8. The molecule has 2 atom stereocenters. The van der Waals surface area contributed by atoms with E-state index >= 15 is 0 Å². The van der Waals surface area contributed by atoms with Crippen molar-refractivity contribution >= 4 is 46.0 Å². The molecule has 0 bridgehead atoms. The standard InChI is InChI=1S/C26H32F4N4O2S2/c1-25(2)12-18(34-24(38)33-17-6-10-20(11-7-17)36-22(29)30)13-26(3,14-25)15-31-23(37)32-16-4-8-19(9-5-16)35-21(27)28/h4-11,18,21-22H,12-15H2,1-3H3,(H2,31,32,37)(H2,33,34,38)/t18-,26-/m1/s1. The van der Waals surface area contributed by atoms with Gasteiger partial charge in [0.25, 0.3) is 0 Å². The summed E-state index contributed by atoms with van der Waals surface area (Å²) in [5.41, 5.74) is 1.27. The average Bonchev–Trinajstić information content (AvgIpc) is 2.78. The Kier molecular flexibility index (Phi) is 10.00. The number of nitrogens with one attached hydrogen (secondary N) is 4. The van der Waals surface area contributed by atoms with Crippen molar-refractivity contribution in [2.45, 2.75) is 59.3 Å². The van der Waals surface area contributed by atoms with Gasteiger partial charge in [0.15, 0.2) is 10.2 Å². The smallest absolute Gasteiger partial charge is 0.387 e. The van der Waals surface area contributed by atoms with Crippen LogP contribution in [0.25, 0.3) is 0 Å². The van der Waals surface area contributed by atoms with Crippen LogP contribution in [-0.2, 0) is 0 Å². The zero-order valence-electron chi connectivity index (χ0n) is 21.3. The number of halogens is 4. The van der Waals surface area contributed by atoms with Gasteiger partial charge in [-0.3, -0.25) is 0 Å². The lowest BCUT2D eigenvalue weighted by atomic mass is 9.62. The second-order valence-electron chi connectivity index (χ2n) is 10.5. The lowest BCUT2D eigenvalue weighted by Crippen LogP contribution is -2.51. The fraction of sp³-hybridized carbons (Fsp3) is 0.462. The summed E-state index contributed by atoms with van der Waals surface area (Å²) < 4.78 is 58.1. The normalized spacial score (nSPS) is 20.5. The Morgan fingerprint density at radius 2 is 1.29 bits per heavy atom. The van der Waals surface area contributed by atoms with Gasteiger partial charge in [-0.25, -0.2) is 0 Å². The van der Waals surface area contributed by atoms with Crippen molar-refractivity contribution in [2.75, 3.05) is 17.2 Å². The monoisotopic (exact) mass is 572 g/mol. The molecule has 3 rings (SSSR count). The molecule has 2 aromatic rings. The minimum absolute atomic E-state index is 0.0474. The summed E-state index contributed by atoms with van der Waals surface area (Å²) in [6, 6.07) is 12.4. The number of ether oxygens (including phenoxy) is 2. The van der Waals surface area contributed by atoms with E-state index < -0.39 is 13.2 Å². The van der Waals surface area contributed by atoms with Crippen LogP contribution < -0.4 is 30.7 Å². The second-order valence-corrected chi connectivity index (χ2v) is 11.3. The van der Waals surface area contributed by atoms with Gasteiger partial charge in [-0.1, -0.05) is 20.8 Å². The van der Waals surface area contributed by atoms with Crippen LogP contribution in [-0.4, -0.2) is 36.0 Å². The van der Waals surface area contributed by atoms with Crippen LogP contribution in [0, 0.1) is 10.8 Å². The maximum absolute atomic E-state index is 12.4. The third-order valence-corrected chi connectivity index (χ3v) is 6.60. The van der Waals surface area contributed by atoms with E-state index in [4.69, 9.17) is 24.4 Å². The first-order valence-electron chi connectivity index (χ1n) is 12.0. The van der Waals surface area contributed by atoms with Crippen LogP contribution in [0.3, 0.4) is 0 Å². The molecule has 1 aliphatic carbocycles. The molecule has 38 heavy (non-hydrogen) atoms. The van der Waals surface area contributed by atoms with E-state index in [0.29, 0.717) is 28.1 Å². The minimum atomic E-state index is -2.87. The second kappa shape index (κ2) is 12.8. The van der Waals surface area contributed by atoms with Crippen LogP contribution in [0.2, 0.25) is 0 Å². The van der Waals surface area contributed by atoms with Crippen LogP contribution in [0.5, 0.6) is 11.5 Å². The lowest BCUT2D eigenvalue weighted by molar-refractivity contribution is -0.0505. The maximum Gasteiger partial charge on any atom is 0.387 e. The molecular formula is C26H32F4N4O2S2. The summed E-state index contributed by atoms with van der Waals surface area (Å²) in [7, 11) is 0. The van der Waals surface area contributed by atoms with Crippen molar-refractivity contribution in [3.8, 4) is 11.5 Å². The predicted octanol–water partition coefficient (Wildman–Crippen LogP) is 6.75. The molecule has 12 heteroatoms. The van der Waals surface area contributed by atoms with Gasteiger partial charge in [0, 0.05) is 24.0 Å². The maximum atomic E-state index is 12.4. The summed E-state index contributed by atoms with van der Waals surface area (Å²) in [5, 5.41) is 13.7. The van der Waals surface area contributed by atoms with Crippen molar-refractivity contribution < 1.29 is 27.0 Å². The zero-order chi connectivity index (χ0) is 27.9. The van der Waals surface area contributed by atoms with E-state index in [1.54, 1.807) is 24.3 Å². The van der Waals surface area contributed by atoms with Crippen molar-refractivity contribution in [3.63, 3.8) is 0 Å². The fourth-order valence-electron chi connectivity index (χ4n) is 5.13. The van der Waals surface area contributed by atoms with Gasteiger partial charge in [0.2, 0.25) is 0 Å². The van der Waals surface area contributed by atoms with E-state index in [0.717, 1.165) is 19.3 Å². The molecule has 1 saturated carbocycles. The van der Waals surface area contributed by atoms with Gasteiger partial charge in [-0.05, 0) is 103 Å². The minimum Gasteiger partial charge on any atom is -0.435 e. The third-order valence-electron chi connectivity index (χ3n) is 6.13. The Morgan fingerprint density at radius 3 is 1.76 bits per heavy atom. The lowest BCUT2D eigenvalue weighted by Gasteiger charge is -2.47. The molecule has 0 aromatic heterocycles. The van der Waals surface area contributed by atoms with E-state index in [1.165, 1.54) is 24.3 Å². The average molecular weight is 573 g/mol. The number of rotatable bonds is 9. The van der Waals surface area contributed by atoms with Crippen LogP contribution >= 0.6 is 24.4 Å². The predicted molar refractivity (Wildman–Crippen MR) is 149 cm³/mol. The molecule has 0 unspecified atom stereocenters. The largest absolute Gasteiger partial charge is 0.435 e. The number of alkyl halides is 4. The molecule has 2 aromatic carbocycles. The molecule has 0 spiro atoms. The van der Waals surface area contributed by atoms with Crippen molar-refractivity contribution in [2.24, 2.45) is 10.8 Å². The summed E-state index contributed by atoms with van der Waals surface area (Å²) in [6.45, 7) is 1.52. The van der Waals surface area contributed by atoms with Crippen molar-refractivity contribution in [1.29, 1.82) is 0 Å². The van der Waals surface area contributed by atoms with Gasteiger partial charge in [0.05, 0.1) is 0 Å². The quantitative estimate of drug-likeness (QED) is 0.195. The van der Waals surface area contributed by atoms with Crippen LogP contribution in [0.15, 0.2) is 48.5 Å². The first kappa shape index (κ1) is 29.7. The molecule has 4 N–H and O–H groups in total. The van der Waals surface area contributed by atoms with Gasteiger partial charge >= 0.3 is 13.2 Å². The molecule has 0 saturated heterocycles. The highest BCUT2D eigenvalue weighted by molar-refractivity contribution is 7.80. The topological polar surface area (TPSA) is 66.6 Å². The number of hydrogen-bond acceptors (Lipinski definition) is 4.